The van der Waals surface area contributed by atoms with Crippen LogP contribution in [0.1, 0.15) is 15.9 Å². The summed E-state index contributed by atoms with van der Waals surface area (Å²) in [4.78, 5) is 23.7. The molecule has 7 nitrogen and oxygen atoms in total. The number of hydrogen-bond acceptors (Lipinski definition) is 5. The third kappa shape index (κ3) is 6.07. The molecule has 0 spiro atoms. The van der Waals surface area contributed by atoms with Crippen LogP contribution in [0.4, 0.5) is 13.2 Å². The average molecular weight is 377 g/mol. The van der Waals surface area contributed by atoms with E-state index in [4.69, 9.17) is 5.26 Å². The van der Waals surface area contributed by atoms with Gasteiger partial charge in [0.1, 0.15) is 6.54 Å². The zero-order valence-corrected chi connectivity index (χ0v) is 13.7. The molecule has 0 bridgehead atoms. The number of rotatable bonds is 6. The molecular formula is C14H14F3N3O4S. The van der Waals surface area contributed by atoms with Gasteiger partial charge in [-0.3, -0.25) is 9.59 Å². The Morgan fingerprint density at radius 3 is 2.44 bits per heavy atom. The Morgan fingerprint density at radius 2 is 1.92 bits per heavy atom. The zero-order valence-electron chi connectivity index (χ0n) is 12.9. The number of amides is 2. The monoisotopic (exact) mass is 377 g/mol. The second-order valence-corrected chi connectivity index (χ2v) is 7.21. The van der Waals surface area contributed by atoms with Gasteiger partial charge in [0.05, 0.1) is 11.6 Å². The molecule has 0 saturated heterocycles. The van der Waals surface area contributed by atoms with Crippen molar-refractivity contribution < 1.29 is 31.2 Å². The molecule has 11 heteroatoms. The van der Waals surface area contributed by atoms with Gasteiger partial charge in [-0.25, -0.2) is 8.42 Å². The van der Waals surface area contributed by atoms with Crippen molar-refractivity contribution in [1.82, 2.24) is 10.6 Å². The number of carbonyl (C=O) groups is 2. The molecule has 25 heavy (non-hydrogen) atoms. The SMILES string of the molecule is CS(=O)(=O)C(CNC(=O)c1cccc(C(F)(F)F)c1)C(=O)NCC#N. The van der Waals surface area contributed by atoms with Gasteiger partial charge in [-0.2, -0.15) is 18.4 Å². The van der Waals surface area contributed by atoms with E-state index in [-0.39, 0.29) is 5.56 Å². The number of hydrogen-bond donors (Lipinski definition) is 2. The summed E-state index contributed by atoms with van der Waals surface area (Å²) in [6.45, 7) is -1.07. The Labute approximate surface area is 141 Å². The lowest BCUT2D eigenvalue weighted by atomic mass is 10.1. The van der Waals surface area contributed by atoms with Crippen molar-refractivity contribution in [3.63, 3.8) is 0 Å². The van der Waals surface area contributed by atoms with Crippen molar-refractivity contribution in [3.05, 3.63) is 35.4 Å². The van der Waals surface area contributed by atoms with E-state index in [9.17, 15) is 31.2 Å². The third-order valence-corrected chi connectivity index (χ3v) is 4.47. The molecule has 2 N–H and O–H groups in total. The molecule has 0 aromatic heterocycles. The maximum atomic E-state index is 12.6. The highest BCUT2D eigenvalue weighted by atomic mass is 32.2. The summed E-state index contributed by atoms with van der Waals surface area (Å²) < 4.78 is 61.2. The van der Waals surface area contributed by atoms with Gasteiger partial charge >= 0.3 is 6.18 Å². The van der Waals surface area contributed by atoms with Crippen molar-refractivity contribution in [3.8, 4) is 6.07 Å². The molecule has 0 heterocycles. The van der Waals surface area contributed by atoms with Crippen molar-refractivity contribution >= 4 is 21.7 Å². The number of sulfone groups is 1. The normalized spacial score (nSPS) is 12.8. The van der Waals surface area contributed by atoms with E-state index in [0.29, 0.717) is 6.07 Å². The second kappa shape index (κ2) is 7.98. The maximum Gasteiger partial charge on any atom is 0.416 e. The standard InChI is InChI=1S/C14H14F3N3O4S/c1-25(23,24)11(13(22)19-6-5-18)8-20-12(21)9-3-2-4-10(7-9)14(15,16)17/h2-4,7,11H,6,8H2,1H3,(H,19,22)(H,20,21). The summed E-state index contributed by atoms with van der Waals surface area (Å²) in [7, 11) is -3.92. The van der Waals surface area contributed by atoms with E-state index >= 15 is 0 Å². The number of halogens is 3. The topological polar surface area (TPSA) is 116 Å². The number of benzene rings is 1. The second-order valence-electron chi connectivity index (χ2n) is 4.98. The van der Waals surface area contributed by atoms with Crippen molar-refractivity contribution in [2.75, 3.05) is 19.3 Å². The molecule has 1 aromatic rings. The van der Waals surface area contributed by atoms with Crippen LogP contribution in [0.2, 0.25) is 0 Å². The number of nitrogens with zero attached hydrogens (tertiary/aromatic N) is 1. The van der Waals surface area contributed by atoms with Crippen LogP contribution in [-0.4, -0.2) is 44.8 Å². The Kier molecular flexibility index (Phi) is 6.52. The Balaban J connectivity index is 2.89. The van der Waals surface area contributed by atoms with Crippen molar-refractivity contribution in [2.24, 2.45) is 0 Å². The predicted molar refractivity (Wildman–Crippen MR) is 81.0 cm³/mol. The molecule has 2 amide bonds. The Morgan fingerprint density at radius 1 is 1.28 bits per heavy atom. The van der Waals surface area contributed by atoms with Crippen molar-refractivity contribution in [1.29, 1.82) is 5.26 Å². The smallest absolute Gasteiger partial charge is 0.350 e. The summed E-state index contributed by atoms with van der Waals surface area (Å²) in [5, 5.41) is 10.9. The van der Waals surface area contributed by atoms with E-state index in [1.54, 1.807) is 6.07 Å². The van der Waals surface area contributed by atoms with E-state index in [2.05, 4.69) is 10.6 Å². The number of carbonyl (C=O) groups excluding carboxylic acids is 2. The lowest BCUT2D eigenvalue weighted by Gasteiger charge is -2.15. The lowest BCUT2D eigenvalue weighted by molar-refractivity contribution is -0.137. The molecule has 0 radical (unpaired) electrons. The summed E-state index contributed by atoms with van der Waals surface area (Å²) in [5.74, 6) is -1.96. The van der Waals surface area contributed by atoms with Gasteiger partial charge in [0.15, 0.2) is 15.1 Å². The summed E-state index contributed by atoms with van der Waals surface area (Å²) >= 11 is 0. The molecule has 1 aromatic carbocycles. The first-order valence-electron chi connectivity index (χ1n) is 6.76. The average Bonchev–Trinajstić information content (AvgIpc) is 2.50. The van der Waals surface area contributed by atoms with Crippen LogP contribution < -0.4 is 10.6 Å². The lowest BCUT2D eigenvalue weighted by Crippen LogP contribution is -2.46. The first-order chi connectivity index (χ1) is 11.5. The predicted octanol–water partition coefficient (Wildman–Crippen LogP) is 0.488. The van der Waals surface area contributed by atoms with Gasteiger partial charge in [-0.1, -0.05) is 6.07 Å². The van der Waals surface area contributed by atoms with Gasteiger partial charge in [0.2, 0.25) is 5.91 Å². The molecule has 1 rings (SSSR count). The van der Waals surface area contributed by atoms with Gasteiger partial charge in [-0.15, -0.1) is 0 Å². The molecule has 0 aliphatic rings. The molecule has 0 aliphatic heterocycles. The van der Waals surface area contributed by atoms with Crippen LogP contribution in [0.5, 0.6) is 0 Å². The van der Waals surface area contributed by atoms with Crippen LogP contribution in [0, 0.1) is 11.3 Å². The first-order valence-corrected chi connectivity index (χ1v) is 8.71. The molecule has 136 valence electrons. The van der Waals surface area contributed by atoms with Crippen molar-refractivity contribution in [2.45, 2.75) is 11.4 Å². The fourth-order valence-electron chi connectivity index (χ4n) is 1.80. The molecule has 1 unspecified atom stereocenters. The first kappa shape index (κ1) is 20.4. The Hall–Kier alpha value is -2.61. The third-order valence-electron chi connectivity index (χ3n) is 3.05. The maximum absolute atomic E-state index is 12.6. The fourth-order valence-corrected chi connectivity index (χ4v) is 2.66. The van der Waals surface area contributed by atoms with Gasteiger partial charge in [0.25, 0.3) is 5.91 Å². The van der Waals surface area contributed by atoms with Crippen LogP contribution >= 0.6 is 0 Å². The fraction of sp³-hybridized carbons (Fsp3) is 0.357. The summed E-state index contributed by atoms with van der Waals surface area (Å²) in [5.41, 5.74) is -1.37. The highest BCUT2D eigenvalue weighted by molar-refractivity contribution is 7.92. The molecule has 0 fully saturated rings. The minimum absolute atomic E-state index is 0.334. The Bertz CT molecular complexity index is 800. The molecule has 0 aliphatic carbocycles. The minimum atomic E-state index is -4.64. The largest absolute Gasteiger partial charge is 0.416 e. The highest BCUT2D eigenvalue weighted by Crippen LogP contribution is 2.29. The van der Waals surface area contributed by atoms with Gasteiger partial charge in [0, 0.05) is 18.4 Å². The number of nitrogens with one attached hydrogen (secondary N) is 2. The zero-order chi connectivity index (χ0) is 19.3. The van der Waals surface area contributed by atoms with E-state index in [1.807, 2.05) is 0 Å². The van der Waals surface area contributed by atoms with Gasteiger partial charge in [-0.05, 0) is 18.2 Å². The summed E-state index contributed by atoms with van der Waals surface area (Å²) in [6.07, 6.45) is -3.87. The van der Waals surface area contributed by atoms with Crippen LogP contribution in [0.15, 0.2) is 24.3 Å². The molecule has 1 atom stereocenters. The minimum Gasteiger partial charge on any atom is -0.350 e. The van der Waals surface area contributed by atoms with Crippen LogP contribution in [0.25, 0.3) is 0 Å². The van der Waals surface area contributed by atoms with Gasteiger partial charge < -0.3 is 10.6 Å². The number of nitriles is 1. The molecule has 0 saturated carbocycles. The van der Waals surface area contributed by atoms with E-state index < -0.39 is 51.7 Å². The summed E-state index contributed by atoms with van der Waals surface area (Å²) in [6, 6.07) is 5.14. The van der Waals surface area contributed by atoms with Crippen LogP contribution in [-0.2, 0) is 20.8 Å². The van der Waals surface area contributed by atoms with E-state index in [1.165, 1.54) is 0 Å². The number of alkyl halides is 3. The highest BCUT2D eigenvalue weighted by Gasteiger charge is 2.32. The molecular weight excluding hydrogens is 363 g/mol. The quantitative estimate of drug-likeness (QED) is 0.700. The van der Waals surface area contributed by atoms with Crippen LogP contribution in [0.3, 0.4) is 0 Å². The van der Waals surface area contributed by atoms with E-state index in [0.717, 1.165) is 24.5 Å².